The van der Waals surface area contributed by atoms with Crippen molar-refractivity contribution < 1.29 is 4.79 Å². The van der Waals surface area contributed by atoms with Gasteiger partial charge in [-0.15, -0.1) is 0 Å². The Labute approximate surface area is 184 Å². The second-order valence-corrected chi connectivity index (χ2v) is 8.51. The Bertz CT molecular complexity index is 897. The molecule has 2 aromatic rings. The highest BCUT2D eigenvalue weighted by Crippen LogP contribution is 2.18. The van der Waals surface area contributed by atoms with Gasteiger partial charge < -0.3 is 9.88 Å². The lowest BCUT2D eigenvalue weighted by Crippen LogP contribution is -2.49. The first-order valence-electron chi connectivity index (χ1n) is 10.9. The number of hydrogen-bond acceptors (Lipinski definition) is 5. The molecule has 0 unspecified atom stereocenters. The van der Waals surface area contributed by atoms with Gasteiger partial charge in [0, 0.05) is 38.4 Å². The minimum Gasteiger partial charge on any atom is -0.325 e. The van der Waals surface area contributed by atoms with Crippen molar-refractivity contribution in [3.63, 3.8) is 0 Å². The van der Waals surface area contributed by atoms with Gasteiger partial charge in [0.25, 0.3) is 0 Å². The maximum Gasteiger partial charge on any atom is 0.238 e. The maximum absolute atomic E-state index is 12.5. The quantitative estimate of drug-likeness (QED) is 0.488. The van der Waals surface area contributed by atoms with E-state index in [1.54, 1.807) is 0 Å². The van der Waals surface area contributed by atoms with Crippen LogP contribution in [0.1, 0.15) is 37.3 Å². The number of carbonyl (C=O) groups excluding carboxylic acids is 1. The summed E-state index contributed by atoms with van der Waals surface area (Å²) in [4.78, 5) is 17.0. The van der Waals surface area contributed by atoms with Crippen molar-refractivity contribution in [1.82, 2.24) is 24.1 Å². The van der Waals surface area contributed by atoms with E-state index in [9.17, 15) is 4.79 Å². The normalized spacial score (nSPS) is 15.4. The van der Waals surface area contributed by atoms with Crippen molar-refractivity contribution in [1.29, 1.82) is 0 Å². The molecule has 1 aliphatic heterocycles. The molecule has 0 radical (unpaired) electrons. The largest absolute Gasteiger partial charge is 0.325 e. The van der Waals surface area contributed by atoms with Crippen molar-refractivity contribution >= 4 is 23.8 Å². The van der Waals surface area contributed by atoms with Crippen LogP contribution in [-0.2, 0) is 18.0 Å². The summed E-state index contributed by atoms with van der Waals surface area (Å²) < 4.78 is 4.77. The summed E-state index contributed by atoms with van der Waals surface area (Å²) in [5, 5.41) is 7.53. The summed E-state index contributed by atoms with van der Waals surface area (Å²) in [6.45, 7) is 11.9. The first-order chi connectivity index (χ1) is 14.5. The molecule has 2 heterocycles. The molecule has 0 saturated carbocycles. The van der Waals surface area contributed by atoms with Crippen LogP contribution in [0, 0.1) is 18.6 Å². The number of aromatic nitrogens is 3. The average molecular weight is 431 g/mol. The Kier molecular flexibility index (Phi) is 8.18. The Morgan fingerprint density at radius 1 is 1.13 bits per heavy atom. The highest BCUT2D eigenvalue weighted by Gasteiger charge is 2.20. The van der Waals surface area contributed by atoms with Crippen LogP contribution in [0.25, 0.3) is 0 Å². The van der Waals surface area contributed by atoms with Crippen LogP contribution in [-0.4, -0.2) is 62.8 Å². The molecule has 164 valence electrons. The van der Waals surface area contributed by atoms with Crippen molar-refractivity contribution in [2.45, 2.75) is 53.2 Å². The molecule has 8 heteroatoms. The summed E-state index contributed by atoms with van der Waals surface area (Å²) >= 11 is 5.58. The zero-order valence-electron chi connectivity index (χ0n) is 18.4. The number of nitrogens with zero attached hydrogens (tertiary/aromatic N) is 5. The Morgan fingerprint density at radius 3 is 2.60 bits per heavy atom. The highest BCUT2D eigenvalue weighted by atomic mass is 32.1. The molecule has 0 bridgehead atoms. The van der Waals surface area contributed by atoms with Crippen molar-refractivity contribution in [3.05, 3.63) is 40.4 Å². The molecule has 0 spiro atoms. The van der Waals surface area contributed by atoms with Crippen molar-refractivity contribution in [3.8, 4) is 0 Å². The van der Waals surface area contributed by atoms with Crippen molar-refractivity contribution in [2.75, 3.05) is 38.0 Å². The van der Waals surface area contributed by atoms with E-state index in [4.69, 9.17) is 12.2 Å². The van der Waals surface area contributed by atoms with Crippen LogP contribution < -0.4 is 5.32 Å². The van der Waals surface area contributed by atoms with E-state index in [0.29, 0.717) is 13.2 Å². The SMILES string of the molecule is CCCCCn1cnn(CN2CCN(CC(=O)Nc3cccc(C)c3C)CC2)c1=S. The van der Waals surface area contributed by atoms with Gasteiger partial charge in [-0.3, -0.25) is 14.6 Å². The second-order valence-electron chi connectivity index (χ2n) is 8.14. The molecule has 1 amide bonds. The maximum atomic E-state index is 12.5. The van der Waals surface area contributed by atoms with E-state index in [1.807, 2.05) is 30.1 Å². The Hall–Kier alpha value is -2.03. The number of anilines is 1. The first-order valence-corrected chi connectivity index (χ1v) is 11.3. The predicted molar refractivity (Wildman–Crippen MR) is 123 cm³/mol. The summed E-state index contributed by atoms with van der Waals surface area (Å²) in [6.07, 6.45) is 5.41. The van der Waals surface area contributed by atoms with Gasteiger partial charge in [-0.1, -0.05) is 31.9 Å². The van der Waals surface area contributed by atoms with Crippen LogP contribution in [0.15, 0.2) is 24.5 Å². The molecule has 3 rings (SSSR count). The molecule has 1 aliphatic rings. The molecular formula is C22H34N6OS. The van der Waals surface area contributed by atoms with Gasteiger partial charge in [0.1, 0.15) is 6.33 Å². The fourth-order valence-corrected chi connectivity index (χ4v) is 3.96. The fraction of sp³-hybridized carbons (Fsp3) is 0.591. The molecule has 30 heavy (non-hydrogen) atoms. The fourth-order valence-electron chi connectivity index (χ4n) is 3.71. The van der Waals surface area contributed by atoms with Gasteiger partial charge in [0.15, 0.2) is 4.77 Å². The molecule has 0 aliphatic carbocycles. The monoisotopic (exact) mass is 430 g/mol. The van der Waals surface area contributed by atoms with Crippen LogP contribution in [0.3, 0.4) is 0 Å². The topological polar surface area (TPSA) is 58.3 Å². The molecule has 0 atom stereocenters. The van der Waals surface area contributed by atoms with Crippen LogP contribution in [0.2, 0.25) is 0 Å². The van der Waals surface area contributed by atoms with Crippen molar-refractivity contribution in [2.24, 2.45) is 0 Å². The molecule has 1 fully saturated rings. The number of unbranched alkanes of at least 4 members (excludes halogenated alkanes) is 2. The summed E-state index contributed by atoms with van der Waals surface area (Å²) in [5.41, 5.74) is 3.22. The number of amides is 1. The summed E-state index contributed by atoms with van der Waals surface area (Å²) in [6, 6.07) is 6.00. The van der Waals surface area contributed by atoms with Gasteiger partial charge in [-0.25, -0.2) is 4.68 Å². The van der Waals surface area contributed by atoms with Gasteiger partial charge in [-0.05, 0) is 49.7 Å². The lowest BCUT2D eigenvalue weighted by atomic mass is 10.1. The van der Waals surface area contributed by atoms with Crippen LogP contribution in [0.4, 0.5) is 5.69 Å². The Morgan fingerprint density at radius 2 is 1.87 bits per heavy atom. The number of nitrogens with one attached hydrogen (secondary N) is 1. The lowest BCUT2D eigenvalue weighted by Gasteiger charge is -2.34. The standard InChI is InChI=1S/C22H34N6OS/c1-4-5-6-10-27-16-23-28(22(27)30)17-26-13-11-25(12-14-26)15-21(29)24-20-9-7-8-18(2)19(20)3/h7-9,16H,4-6,10-15,17H2,1-3H3,(H,24,29). The van der Waals surface area contributed by atoms with Crippen LogP contribution >= 0.6 is 12.2 Å². The molecule has 1 aromatic heterocycles. The minimum absolute atomic E-state index is 0.0465. The van der Waals surface area contributed by atoms with Gasteiger partial charge >= 0.3 is 0 Å². The van der Waals surface area contributed by atoms with Gasteiger partial charge in [0.05, 0.1) is 13.2 Å². The highest BCUT2D eigenvalue weighted by molar-refractivity contribution is 7.71. The third kappa shape index (κ3) is 6.00. The zero-order chi connectivity index (χ0) is 21.5. The summed E-state index contributed by atoms with van der Waals surface area (Å²) in [5.74, 6) is 0.0465. The van der Waals surface area contributed by atoms with E-state index in [-0.39, 0.29) is 5.91 Å². The number of carbonyl (C=O) groups is 1. The average Bonchev–Trinajstić information content (AvgIpc) is 3.07. The summed E-state index contributed by atoms with van der Waals surface area (Å²) in [7, 11) is 0. The lowest BCUT2D eigenvalue weighted by molar-refractivity contribution is -0.117. The number of rotatable bonds is 9. The molecule has 1 saturated heterocycles. The Balaban J connectivity index is 1.44. The molecule has 1 aromatic carbocycles. The molecule has 1 N–H and O–H groups in total. The van der Waals surface area contributed by atoms with Gasteiger partial charge in [0.2, 0.25) is 5.91 Å². The number of aryl methyl sites for hydroxylation is 2. The zero-order valence-corrected chi connectivity index (χ0v) is 19.2. The second kappa shape index (κ2) is 10.8. The van der Waals surface area contributed by atoms with Gasteiger partial charge in [-0.2, -0.15) is 5.10 Å². The smallest absolute Gasteiger partial charge is 0.238 e. The van der Waals surface area contributed by atoms with E-state index < -0.39 is 0 Å². The van der Waals surface area contributed by atoms with Crippen LogP contribution in [0.5, 0.6) is 0 Å². The first kappa shape index (κ1) is 22.7. The van der Waals surface area contributed by atoms with E-state index in [2.05, 4.69) is 44.7 Å². The van der Waals surface area contributed by atoms with E-state index in [0.717, 1.165) is 55.2 Å². The third-order valence-corrected chi connectivity index (χ3v) is 6.29. The third-order valence-electron chi connectivity index (χ3n) is 5.84. The number of benzene rings is 1. The minimum atomic E-state index is 0.0465. The predicted octanol–water partition coefficient (Wildman–Crippen LogP) is 3.43. The molecular weight excluding hydrogens is 396 g/mol. The van der Waals surface area contributed by atoms with E-state index >= 15 is 0 Å². The van der Waals surface area contributed by atoms with E-state index in [1.165, 1.54) is 18.4 Å². The number of hydrogen-bond donors (Lipinski definition) is 1. The molecule has 7 nitrogen and oxygen atoms in total. The number of piperazine rings is 1.